The van der Waals surface area contributed by atoms with E-state index >= 15 is 0 Å². The molecule has 1 aliphatic rings. The summed E-state index contributed by atoms with van der Waals surface area (Å²) >= 11 is 4.87. The zero-order valence-electron chi connectivity index (χ0n) is 10.3. The van der Waals surface area contributed by atoms with Gasteiger partial charge in [-0.05, 0) is 6.42 Å². The fraction of sp³-hybridized carbons (Fsp3) is 0.818. The normalized spacial score (nSPS) is 20.1. The Morgan fingerprint density at radius 3 is 2.41 bits per heavy atom. The number of hydrogen-bond donors (Lipinski definition) is 2. The average molecular weight is 259 g/mol. The molecule has 1 aliphatic heterocycles. The maximum Gasteiger partial charge on any atom is 0.320 e. The van der Waals surface area contributed by atoms with Crippen LogP contribution in [0.2, 0.25) is 0 Å². The first-order chi connectivity index (χ1) is 8.04. The van der Waals surface area contributed by atoms with Gasteiger partial charge in [-0.15, -0.1) is 0 Å². The molecule has 1 rings (SSSR count). The van der Waals surface area contributed by atoms with Crippen molar-refractivity contribution in [2.24, 2.45) is 5.73 Å². The molecule has 0 radical (unpaired) electrons. The van der Waals surface area contributed by atoms with Crippen LogP contribution in [0.3, 0.4) is 0 Å². The monoisotopic (exact) mass is 259 g/mol. The van der Waals surface area contributed by atoms with Crippen molar-refractivity contribution in [1.82, 2.24) is 9.80 Å². The van der Waals surface area contributed by atoms with E-state index in [0.717, 1.165) is 32.6 Å². The molecule has 98 valence electrons. The molecule has 1 atom stereocenters. The Hall–Kier alpha value is -0.720. The van der Waals surface area contributed by atoms with Crippen LogP contribution in [0.15, 0.2) is 0 Å². The van der Waals surface area contributed by atoms with Gasteiger partial charge in [-0.2, -0.15) is 0 Å². The fourth-order valence-corrected chi connectivity index (χ4v) is 2.37. The van der Waals surface area contributed by atoms with E-state index in [0.29, 0.717) is 18.0 Å². The van der Waals surface area contributed by atoms with Crippen molar-refractivity contribution < 1.29 is 9.90 Å². The van der Waals surface area contributed by atoms with E-state index < -0.39 is 5.97 Å². The number of piperazine rings is 1. The first kappa shape index (κ1) is 14.3. The van der Waals surface area contributed by atoms with Crippen molar-refractivity contribution in [3.05, 3.63) is 0 Å². The third kappa shape index (κ3) is 4.57. The molecule has 5 nitrogen and oxygen atoms in total. The number of carboxylic acid groups (broad SMARTS) is 1. The van der Waals surface area contributed by atoms with Crippen molar-refractivity contribution in [2.45, 2.75) is 25.8 Å². The Bertz CT molecular complexity index is 278. The highest BCUT2D eigenvalue weighted by Gasteiger charge is 2.27. The molecule has 17 heavy (non-hydrogen) atoms. The minimum absolute atomic E-state index is 0.341. The van der Waals surface area contributed by atoms with Crippen LogP contribution in [-0.4, -0.2) is 64.6 Å². The molecular weight excluding hydrogens is 238 g/mol. The van der Waals surface area contributed by atoms with Crippen LogP contribution in [-0.2, 0) is 4.79 Å². The van der Waals surface area contributed by atoms with Crippen molar-refractivity contribution in [3.63, 3.8) is 0 Å². The lowest BCUT2D eigenvalue weighted by atomic mass is 10.1. The number of carboxylic acids is 1. The van der Waals surface area contributed by atoms with Crippen molar-refractivity contribution >= 4 is 23.2 Å². The molecule has 0 aromatic heterocycles. The van der Waals surface area contributed by atoms with Crippen LogP contribution in [0.5, 0.6) is 0 Å². The number of aliphatic carboxylic acids is 1. The molecule has 0 aromatic rings. The molecule has 1 unspecified atom stereocenters. The maximum atomic E-state index is 11.2. The van der Waals surface area contributed by atoms with Gasteiger partial charge in [0, 0.05) is 32.7 Å². The Labute approximate surface area is 108 Å². The molecule has 0 amide bonds. The molecule has 1 heterocycles. The smallest absolute Gasteiger partial charge is 0.320 e. The van der Waals surface area contributed by atoms with Gasteiger partial charge < -0.3 is 10.8 Å². The summed E-state index contributed by atoms with van der Waals surface area (Å²) in [5, 5.41) is 9.17. The summed E-state index contributed by atoms with van der Waals surface area (Å²) in [6, 6.07) is -0.341. The second-order valence-electron chi connectivity index (χ2n) is 4.42. The van der Waals surface area contributed by atoms with Crippen LogP contribution < -0.4 is 5.73 Å². The minimum atomic E-state index is -0.713. The molecule has 3 N–H and O–H groups in total. The highest BCUT2D eigenvalue weighted by molar-refractivity contribution is 7.80. The number of nitrogens with two attached hydrogens (primary N) is 1. The standard InChI is InChI=1S/C11H21N3O2S/c1-2-3-9(11(15)16)14-6-4-13(5-7-14)8-10(12)17/h9H,2-8H2,1H3,(H2,12,17)(H,15,16). The van der Waals surface area contributed by atoms with Crippen LogP contribution >= 0.6 is 12.2 Å². The lowest BCUT2D eigenvalue weighted by molar-refractivity contribution is -0.144. The first-order valence-corrected chi connectivity index (χ1v) is 6.43. The Balaban J connectivity index is 2.43. The second-order valence-corrected chi connectivity index (χ2v) is 4.95. The van der Waals surface area contributed by atoms with Gasteiger partial charge in [-0.25, -0.2) is 0 Å². The summed E-state index contributed by atoms with van der Waals surface area (Å²) in [6.07, 6.45) is 1.61. The van der Waals surface area contributed by atoms with E-state index in [9.17, 15) is 9.90 Å². The SMILES string of the molecule is CCCC(C(=O)O)N1CCN(CC(N)=S)CC1. The third-order valence-electron chi connectivity index (χ3n) is 3.07. The van der Waals surface area contributed by atoms with E-state index in [1.165, 1.54) is 0 Å². The van der Waals surface area contributed by atoms with Gasteiger partial charge in [0.2, 0.25) is 0 Å². The van der Waals surface area contributed by atoms with Gasteiger partial charge >= 0.3 is 5.97 Å². The quantitative estimate of drug-likeness (QED) is 0.662. The Kier molecular flexibility index (Phi) is 5.80. The van der Waals surface area contributed by atoms with E-state index in [2.05, 4.69) is 4.90 Å². The zero-order valence-corrected chi connectivity index (χ0v) is 11.1. The summed E-state index contributed by atoms with van der Waals surface area (Å²) in [6.45, 7) is 5.88. The molecule has 0 bridgehead atoms. The van der Waals surface area contributed by atoms with E-state index in [-0.39, 0.29) is 6.04 Å². The Morgan fingerprint density at radius 2 is 2.00 bits per heavy atom. The molecule has 0 aromatic carbocycles. The summed E-state index contributed by atoms with van der Waals surface area (Å²) in [5.41, 5.74) is 5.50. The zero-order chi connectivity index (χ0) is 12.8. The molecule has 0 spiro atoms. The van der Waals surface area contributed by atoms with Crippen LogP contribution in [0, 0.1) is 0 Å². The second kappa shape index (κ2) is 6.88. The van der Waals surface area contributed by atoms with Crippen LogP contribution in [0.1, 0.15) is 19.8 Å². The van der Waals surface area contributed by atoms with Crippen LogP contribution in [0.25, 0.3) is 0 Å². The van der Waals surface area contributed by atoms with Crippen molar-refractivity contribution in [2.75, 3.05) is 32.7 Å². The number of nitrogens with zero attached hydrogens (tertiary/aromatic N) is 2. The topological polar surface area (TPSA) is 69.8 Å². The highest BCUT2D eigenvalue weighted by atomic mass is 32.1. The lowest BCUT2D eigenvalue weighted by Gasteiger charge is -2.37. The molecular formula is C11H21N3O2S. The largest absolute Gasteiger partial charge is 0.480 e. The average Bonchev–Trinajstić information content (AvgIpc) is 2.26. The number of thiocarbonyl (C=S) groups is 1. The lowest BCUT2D eigenvalue weighted by Crippen LogP contribution is -2.53. The maximum absolute atomic E-state index is 11.2. The van der Waals surface area contributed by atoms with Gasteiger partial charge in [-0.3, -0.25) is 14.6 Å². The minimum Gasteiger partial charge on any atom is -0.480 e. The molecule has 1 fully saturated rings. The van der Waals surface area contributed by atoms with Gasteiger partial charge in [-0.1, -0.05) is 25.6 Å². The number of hydrogen-bond acceptors (Lipinski definition) is 4. The van der Waals surface area contributed by atoms with Gasteiger partial charge in [0.25, 0.3) is 0 Å². The molecule has 0 aliphatic carbocycles. The third-order valence-corrected chi connectivity index (χ3v) is 3.20. The summed E-state index contributed by atoms with van der Waals surface area (Å²) in [4.78, 5) is 15.9. The van der Waals surface area contributed by atoms with Crippen molar-refractivity contribution in [1.29, 1.82) is 0 Å². The van der Waals surface area contributed by atoms with E-state index in [4.69, 9.17) is 18.0 Å². The van der Waals surface area contributed by atoms with Gasteiger partial charge in [0.1, 0.15) is 6.04 Å². The first-order valence-electron chi connectivity index (χ1n) is 6.02. The Morgan fingerprint density at radius 1 is 1.41 bits per heavy atom. The fourth-order valence-electron chi connectivity index (χ4n) is 2.19. The number of carbonyl (C=O) groups is 1. The molecule has 0 saturated carbocycles. The predicted molar refractivity (Wildman–Crippen MR) is 71.1 cm³/mol. The number of rotatable bonds is 6. The summed E-state index contributed by atoms with van der Waals surface area (Å²) in [5.74, 6) is -0.713. The van der Waals surface area contributed by atoms with E-state index in [1.807, 2.05) is 11.8 Å². The van der Waals surface area contributed by atoms with Crippen LogP contribution in [0.4, 0.5) is 0 Å². The summed E-state index contributed by atoms with van der Waals surface area (Å²) in [7, 11) is 0. The predicted octanol–water partition coefficient (Wildman–Crippen LogP) is 0.143. The van der Waals surface area contributed by atoms with Crippen molar-refractivity contribution in [3.8, 4) is 0 Å². The van der Waals surface area contributed by atoms with Gasteiger partial charge in [0.15, 0.2) is 0 Å². The molecule has 1 saturated heterocycles. The highest BCUT2D eigenvalue weighted by Crippen LogP contribution is 2.11. The molecule has 6 heteroatoms. The summed E-state index contributed by atoms with van der Waals surface area (Å²) < 4.78 is 0. The van der Waals surface area contributed by atoms with Gasteiger partial charge in [0.05, 0.1) is 4.99 Å². The van der Waals surface area contributed by atoms with E-state index in [1.54, 1.807) is 0 Å².